The van der Waals surface area contributed by atoms with Gasteiger partial charge in [0.1, 0.15) is 0 Å². The fourth-order valence-corrected chi connectivity index (χ4v) is 28.8. The Morgan fingerprint density at radius 3 is 0.636 bits per heavy atom. The molecule has 0 aromatic carbocycles. The Balaban J connectivity index is 0.000000376. The van der Waals surface area contributed by atoms with E-state index in [0.717, 1.165) is 114 Å². The van der Waals surface area contributed by atoms with Crippen LogP contribution < -0.4 is 0 Å². The second kappa shape index (κ2) is 65.9. The van der Waals surface area contributed by atoms with Gasteiger partial charge in [0.15, 0.2) is 0 Å². The van der Waals surface area contributed by atoms with Gasteiger partial charge in [0.05, 0.1) is 79.7 Å². The van der Waals surface area contributed by atoms with Crippen molar-refractivity contribution in [3.05, 3.63) is 129 Å². The summed E-state index contributed by atoms with van der Waals surface area (Å²) in [4.78, 5) is 79.6. The van der Waals surface area contributed by atoms with E-state index >= 15 is 19.2 Å². The van der Waals surface area contributed by atoms with E-state index < -0.39 is 0 Å². The maximum Gasteiger partial charge on any atom is 0.261 e. The third kappa shape index (κ3) is 35.9. The summed E-state index contributed by atoms with van der Waals surface area (Å²) in [6.45, 7) is 25.5. The Morgan fingerprint density at radius 2 is 0.417 bits per heavy atom. The zero-order valence-corrected chi connectivity index (χ0v) is 93.5. The quantitative estimate of drug-likeness (QED) is 0.0356. The summed E-state index contributed by atoms with van der Waals surface area (Å²) >= 11 is 25.9. The Labute approximate surface area is 863 Å². The number of rotatable bonds is 72. The molecule has 0 spiro atoms. The number of carbonyl (C=O) groups excluding carboxylic acids is 4. The number of carbonyl (C=O) groups is 4. The van der Waals surface area contributed by atoms with Gasteiger partial charge in [-0.2, -0.15) is 0 Å². The number of aryl methyl sites for hydroxylation is 2. The summed E-state index contributed by atoms with van der Waals surface area (Å²) in [5.74, 6) is 1.74. The highest BCUT2D eigenvalue weighted by Gasteiger charge is 2.52. The number of fused-ring (bicyclic) bond motifs is 2. The van der Waals surface area contributed by atoms with Gasteiger partial charge in [0.25, 0.3) is 23.6 Å². The molecule has 740 valence electrons. The molecule has 6 aromatic heterocycles. The van der Waals surface area contributed by atoms with E-state index in [0.29, 0.717) is 72.1 Å². The number of unbranched alkanes of at least 4 members (excludes halogenated alkanes) is 38. The molecular formula is C114H176Br4N4O4S6. The van der Waals surface area contributed by atoms with Crippen molar-refractivity contribution in [3.8, 4) is 19.5 Å². The Hall–Kier alpha value is -3.04. The molecule has 4 atom stereocenters. The maximum atomic E-state index is 16.0. The van der Waals surface area contributed by atoms with Crippen molar-refractivity contribution in [2.24, 2.45) is 23.7 Å². The molecule has 4 aliphatic rings. The van der Waals surface area contributed by atoms with E-state index in [1.807, 2.05) is 32.5 Å². The first-order chi connectivity index (χ1) is 63.5. The van der Waals surface area contributed by atoms with Crippen LogP contribution in [-0.2, 0) is 32.0 Å². The second-order valence-electron chi connectivity index (χ2n) is 38.6. The van der Waals surface area contributed by atoms with E-state index in [9.17, 15) is 0 Å². The molecule has 0 aliphatic carbocycles. The number of nitrogens with zero attached hydrogens (tertiary/aromatic N) is 4. The normalized spacial score (nSPS) is 14.9. The minimum atomic E-state index is 0. The van der Waals surface area contributed by atoms with E-state index in [1.54, 1.807) is 45.3 Å². The van der Waals surface area contributed by atoms with Gasteiger partial charge in [-0.05, 0) is 236 Å². The first-order valence-corrected chi connectivity index (χ1v) is 61.1. The largest absolute Gasteiger partial charge is 0.306 e. The van der Waals surface area contributed by atoms with Gasteiger partial charge in [0, 0.05) is 45.7 Å². The topological polar surface area (TPSA) is 81.2 Å². The molecule has 10 rings (SSSR count). The zero-order chi connectivity index (χ0) is 92.8. The molecule has 6 aromatic rings. The molecular weight excluding hydrogens is 2000 g/mol. The van der Waals surface area contributed by atoms with Crippen molar-refractivity contribution < 1.29 is 19.2 Å². The molecule has 4 unspecified atom stereocenters. The van der Waals surface area contributed by atoms with Crippen LogP contribution in [0.3, 0.4) is 0 Å². The van der Waals surface area contributed by atoms with E-state index in [-0.39, 0.29) is 38.5 Å². The number of hydrogen-bond acceptors (Lipinski definition) is 10. The molecule has 0 fully saturated rings. The fourth-order valence-electron chi connectivity index (χ4n) is 20.1. The summed E-state index contributed by atoms with van der Waals surface area (Å²) in [6, 6.07) is 22.2. The molecule has 4 amide bonds. The van der Waals surface area contributed by atoms with Crippen LogP contribution in [0.4, 0.5) is 0 Å². The monoisotopic (exact) mass is 2170 g/mol. The first-order valence-electron chi connectivity index (χ1n) is 53.1. The summed E-state index contributed by atoms with van der Waals surface area (Å²) < 4.78 is 4.50. The molecule has 0 radical (unpaired) electrons. The highest BCUT2D eigenvalue weighted by Crippen LogP contribution is 2.55. The predicted molar refractivity (Wildman–Crippen MR) is 599 cm³/mol. The lowest BCUT2D eigenvalue weighted by Gasteiger charge is -2.29. The lowest BCUT2D eigenvalue weighted by atomic mass is 9.93. The van der Waals surface area contributed by atoms with Crippen molar-refractivity contribution in [3.63, 3.8) is 0 Å². The lowest BCUT2D eigenvalue weighted by molar-refractivity contribution is -0.124. The third-order valence-electron chi connectivity index (χ3n) is 27.7. The fraction of sp³-hybridized carbons (Fsp3) is 0.684. The molecule has 18 heteroatoms. The maximum absolute atomic E-state index is 16.0. The summed E-state index contributed by atoms with van der Waals surface area (Å²) in [6.07, 6.45) is 71.4. The van der Waals surface area contributed by atoms with Crippen molar-refractivity contribution in [2.45, 2.75) is 456 Å². The Morgan fingerprint density at radius 1 is 0.227 bits per heavy atom. The highest BCUT2D eigenvalue weighted by atomic mass is 79.9. The highest BCUT2D eigenvalue weighted by molar-refractivity contribution is 9.11. The summed E-state index contributed by atoms with van der Waals surface area (Å²) in [7, 11) is 0. The van der Waals surface area contributed by atoms with Crippen molar-refractivity contribution in [1.29, 1.82) is 0 Å². The number of hydrogen-bond donors (Lipinski definition) is 0. The second-order valence-corrected chi connectivity index (χ2v) is 50.5. The molecule has 10 heterocycles. The molecule has 8 nitrogen and oxygen atoms in total. The SMILES string of the molecule is C.C.CCCCCCCCC(CCCCCC)CN1C(=O)C2=C(c3ccc(-c4cc(CCCCCC)c(Br)s4)s3)N(CC(CCCCCC)CCCCCCCC)C(=O)C2=C1c1ccc(-c2cc(CCCCCC)c(Br)s2)s1.CCCCCCCCC(CCCCCC)CN1C(=O)C2=C(c3ccc(Br)s3)N(CC(CCCCCC)CCCCCCCC)C(=O)C2=C1c1ccc(Br)s1. The van der Waals surface area contributed by atoms with Gasteiger partial charge in [0.2, 0.25) is 0 Å². The number of halogens is 4. The van der Waals surface area contributed by atoms with E-state index in [2.05, 4.69) is 203 Å². The zero-order valence-electron chi connectivity index (χ0n) is 82.3. The van der Waals surface area contributed by atoms with Crippen LogP contribution in [0.5, 0.6) is 0 Å². The minimum absolute atomic E-state index is 0. The smallest absolute Gasteiger partial charge is 0.261 e. The van der Waals surface area contributed by atoms with Crippen LogP contribution in [0.15, 0.2) is 98.1 Å². The van der Waals surface area contributed by atoms with Crippen molar-refractivity contribution in [2.75, 3.05) is 26.2 Å². The van der Waals surface area contributed by atoms with Crippen LogP contribution in [0, 0.1) is 23.7 Å². The first kappa shape index (κ1) is 116. The molecule has 0 saturated carbocycles. The van der Waals surface area contributed by atoms with E-state index in [4.69, 9.17) is 0 Å². The van der Waals surface area contributed by atoms with Crippen LogP contribution in [0.2, 0.25) is 0 Å². The lowest BCUT2D eigenvalue weighted by Crippen LogP contribution is -2.34. The molecule has 4 aliphatic heterocycles. The minimum Gasteiger partial charge on any atom is -0.306 e. The third-order valence-corrected chi connectivity index (χ3v) is 37.5. The van der Waals surface area contributed by atoms with Crippen molar-refractivity contribution in [1.82, 2.24) is 19.6 Å². The molecule has 0 N–H and O–H groups in total. The molecule has 0 bridgehead atoms. The molecule has 132 heavy (non-hydrogen) atoms. The summed E-state index contributed by atoms with van der Waals surface area (Å²) in [5, 5.41) is 0. The molecule has 0 saturated heterocycles. The average molecular weight is 2180 g/mol. The van der Waals surface area contributed by atoms with E-state index in [1.165, 1.54) is 346 Å². The van der Waals surface area contributed by atoms with Crippen molar-refractivity contribution >= 4 is 178 Å². The van der Waals surface area contributed by atoms with Gasteiger partial charge in [-0.15, -0.1) is 68.0 Å². The van der Waals surface area contributed by atoms with Crippen LogP contribution in [0.25, 0.3) is 42.3 Å². The van der Waals surface area contributed by atoms with Crippen LogP contribution >= 0.6 is 132 Å². The Bertz CT molecular complexity index is 4150. The average Bonchev–Trinajstić information content (AvgIpc) is 1.56. The Kier molecular flexibility index (Phi) is 57.8. The number of thiophene rings is 6. The van der Waals surface area contributed by atoms with Gasteiger partial charge in [-0.1, -0.05) is 379 Å². The number of amides is 4. The summed E-state index contributed by atoms with van der Waals surface area (Å²) in [5.41, 5.74) is 8.84. The van der Waals surface area contributed by atoms with Gasteiger partial charge in [-0.25, -0.2) is 0 Å². The van der Waals surface area contributed by atoms with Gasteiger partial charge in [-0.3, -0.25) is 19.2 Å². The van der Waals surface area contributed by atoms with Gasteiger partial charge >= 0.3 is 0 Å². The standard InChI is InChI=1S/C66H98Br2N2O2S4.C46H70Br2N2O2S2.2CH4/c1-7-13-19-25-27-31-37-49(35-29-21-15-9-3)47-69-61(55-43-41-53(73-55)57-45-51(63(67)75-57)39-33-23-17-11-5)59-60(65(69)71)62(56-44-42-54(74-56)58-46-52(64(68)76-58)40-34-24-18-12-6)70(66(59)72)48-50(36-30-22-16-10-4)38-32-28-26-20-14-8-2;1-5-9-13-17-19-23-27-35(25-21-15-11-7-3)33-49-43(37-29-31-39(47)53-37)41-42(45(49)51)44(38-30-32-40(48)54-38)50(46(41)52)34-36(26-22-16-12-8-4)28-24-20-18-14-10-6-2;;/h41-46,49-50H,7-40,47-48H2,1-6H3;29-32,35-36H,5-28,33-34H2,1-4H3;2*1H4. The van der Waals surface area contributed by atoms with Crippen LogP contribution in [0.1, 0.15) is 474 Å². The predicted octanol–water partition coefficient (Wildman–Crippen LogP) is 40.6. The van der Waals surface area contributed by atoms with Gasteiger partial charge < -0.3 is 19.6 Å². The van der Waals surface area contributed by atoms with Crippen LogP contribution in [-0.4, -0.2) is 69.4 Å².